The molecule has 1 atom stereocenters. The second kappa shape index (κ2) is 10.7. The Morgan fingerprint density at radius 1 is 1.29 bits per heavy atom. The Labute approximate surface area is 158 Å². The van der Waals surface area contributed by atoms with Crippen LogP contribution in [0.5, 0.6) is 0 Å². The highest BCUT2D eigenvalue weighted by molar-refractivity contribution is 9.10. The molecule has 0 aromatic heterocycles. The zero-order valence-electron chi connectivity index (χ0n) is 13.9. The molecule has 1 unspecified atom stereocenters. The lowest BCUT2D eigenvalue weighted by molar-refractivity contribution is -0.132. The van der Waals surface area contributed by atoms with Crippen LogP contribution in [0.25, 0.3) is 0 Å². The van der Waals surface area contributed by atoms with Gasteiger partial charge in [-0.2, -0.15) is 0 Å². The van der Waals surface area contributed by atoms with Gasteiger partial charge in [0.1, 0.15) is 0 Å². The van der Waals surface area contributed by atoms with E-state index in [4.69, 9.17) is 0 Å². The molecule has 1 saturated heterocycles. The third kappa shape index (κ3) is 6.42. The first-order valence-corrected chi connectivity index (χ1v) is 8.85. The molecule has 0 radical (unpaired) electrons. The van der Waals surface area contributed by atoms with E-state index in [0.29, 0.717) is 24.4 Å². The first-order chi connectivity index (χ1) is 11.1. The summed E-state index contributed by atoms with van der Waals surface area (Å²) in [6.07, 6.45) is 2.59. The Morgan fingerprint density at radius 2 is 2.00 bits per heavy atom. The van der Waals surface area contributed by atoms with E-state index in [1.54, 1.807) is 12.1 Å². The maximum atomic E-state index is 12.3. The molecular formula is C17H25BrClN3O2. The van der Waals surface area contributed by atoms with Crippen molar-refractivity contribution in [3.05, 3.63) is 34.3 Å². The summed E-state index contributed by atoms with van der Waals surface area (Å²) in [6.45, 7) is 2.98. The minimum Gasteiger partial charge on any atom is -0.352 e. The molecule has 0 saturated carbocycles. The second-order valence-electron chi connectivity index (χ2n) is 5.92. The van der Waals surface area contributed by atoms with E-state index in [0.717, 1.165) is 30.5 Å². The van der Waals surface area contributed by atoms with Crippen LogP contribution in [0.4, 0.5) is 0 Å². The Bertz CT molecular complexity index is 537. The van der Waals surface area contributed by atoms with Crippen LogP contribution in [-0.2, 0) is 4.79 Å². The fourth-order valence-corrected chi connectivity index (χ4v) is 3.16. The highest BCUT2D eigenvalue weighted by Gasteiger charge is 2.22. The van der Waals surface area contributed by atoms with Gasteiger partial charge in [0.15, 0.2) is 0 Å². The maximum Gasteiger partial charge on any atom is 0.251 e. The predicted octanol–water partition coefficient (Wildman–Crippen LogP) is 2.45. The van der Waals surface area contributed by atoms with Crippen molar-refractivity contribution in [2.24, 2.45) is 5.92 Å². The minimum absolute atomic E-state index is 0. The summed E-state index contributed by atoms with van der Waals surface area (Å²) in [5.74, 6) is 0.522. The Hall–Kier alpha value is -1.11. The molecule has 1 aliphatic heterocycles. The summed E-state index contributed by atoms with van der Waals surface area (Å²) < 4.78 is 0.936. The average molecular weight is 419 g/mol. The number of rotatable bonds is 6. The van der Waals surface area contributed by atoms with Crippen molar-refractivity contribution in [3.8, 4) is 0 Å². The molecule has 1 aromatic rings. The molecule has 0 bridgehead atoms. The summed E-state index contributed by atoms with van der Waals surface area (Å²) in [5, 5.41) is 5.99. The lowest BCUT2D eigenvalue weighted by atomic mass is 9.98. The monoisotopic (exact) mass is 417 g/mol. The molecule has 0 aliphatic carbocycles. The van der Waals surface area contributed by atoms with E-state index in [1.807, 2.05) is 24.1 Å². The SMILES string of the molecule is CNCC1CCCN(C(=O)CCNC(=O)c2ccc(Br)cc2)C1.Cl. The molecule has 24 heavy (non-hydrogen) atoms. The molecule has 1 aromatic carbocycles. The molecule has 2 N–H and O–H groups in total. The van der Waals surface area contributed by atoms with E-state index >= 15 is 0 Å². The van der Waals surface area contributed by atoms with E-state index in [1.165, 1.54) is 6.42 Å². The summed E-state index contributed by atoms with van der Waals surface area (Å²) in [5.41, 5.74) is 0.604. The number of carbonyl (C=O) groups is 2. The van der Waals surface area contributed by atoms with Gasteiger partial charge in [0.05, 0.1) is 0 Å². The fourth-order valence-electron chi connectivity index (χ4n) is 2.89. The van der Waals surface area contributed by atoms with Crippen LogP contribution in [-0.4, -0.2) is 49.9 Å². The topological polar surface area (TPSA) is 61.4 Å². The second-order valence-corrected chi connectivity index (χ2v) is 6.83. The van der Waals surface area contributed by atoms with E-state index < -0.39 is 0 Å². The lowest BCUT2D eigenvalue weighted by Crippen LogP contribution is -2.43. The van der Waals surface area contributed by atoms with E-state index in [9.17, 15) is 9.59 Å². The molecule has 0 spiro atoms. The third-order valence-electron chi connectivity index (χ3n) is 4.10. The standard InChI is InChI=1S/C17H24BrN3O2.ClH/c1-19-11-13-3-2-10-21(12-13)16(22)8-9-20-17(23)14-4-6-15(18)7-5-14;/h4-7,13,19H,2-3,8-12H2,1H3,(H,20,23);1H. The largest absolute Gasteiger partial charge is 0.352 e. The maximum absolute atomic E-state index is 12.3. The molecule has 2 rings (SSSR count). The van der Waals surface area contributed by atoms with Gasteiger partial charge in [0.25, 0.3) is 5.91 Å². The van der Waals surface area contributed by atoms with Crippen molar-refractivity contribution in [3.63, 3.8) is 0 Å². The Morgan fingerprint density at radius 3 is 2.67 bits per heavy atom. The van der Waals surface area contributed by atoms with Gasteiger partial charge in [-0.3, -0.25) is 9.59 Å². The number of nitrogens with zero attached hydrogens (tertiary/aromatic N) is 1. The predicted molar refractivity (Wildman–Crippen MR) is 102 cm³/mol. The quantitative estimate of drug-likeness (QED) is 0.746. The number of carbonyl (C=O) groups excluding carboxylic acids is 2. The van der Waals surface area contributed by atoms with Crippen molar-refractivity contribution in [1.29, 1.82) is 0 Å². The smallest absolute Gasteiger partial charge is 0.251 e. The van der Waals surface area contributed by atoms with Gasteiger partial charge >= 0.3 is 0 Å². The van der Waals surface area contributed by atoms with Crippen LogP contribution < -0.4 is 10.6 Å². The number of hydrogen-bond acceptors (Lipinski definition) is 3. The van der Waals surface area contributed by atoms with Crippen molar-refractivity contribution in [2.45, 2.75) is 19.3 Å². The molecule has 1 aliphatic rings. The summed E-state index contributed by atoms with van der Waals surface area (Å²) in [7, 11) is 1.94. The van der Waals surface area contributed by atoms with Crippen molar-refractivity contribution in [1.82, 2.24) is 15.5 Å². The van der Waals surface area contributed by atoms with Gasteiger partial charge in [0, 0.05) is 36.1 Å². The zero-order valence-corrected chi connectivity index (χ0v) is 16.3. The fraction of sp³-hybridized carbons (Fsp3) is 0.529. The number of piperidine rings is 1. The lowest BCUT2D eigenvalue weighted by Gasteiger charge is -2.32. The number of amides is 2. The summed E-state index contributed by atoms with van der Waals surface area (Å²) in [4.78, 5) is 26.2. The van der Waals surface area contributed by atoms with E-state index in [-0.39, 0.29) is 24.2 Å². The third-order valence-corrected chi connectivity index (χ3v) is 4.62. The highest BCUT2D eigenvalue weighted by atomic mass is 79.9. The van der Waals surface area contributed by atoms with Crippen LogP contribution >= 0.6 is 28.3 Å². The van der Waals surface area contributed by atoms with Crippen molar-refractivity contribution in [2.75, 3.05) is 33.2 Å². The molecule has 7 heteroatoms. The molecule has 134 valence electrons. The van der Waals surface area contributed by atoms with Crippen LogP contribution in [0.3, 0.4) is 0 Å². The number of nitrogens with one attached hydrogen (secondary N) is 2. The van der Waals surface area contributed by atoms with Crippen LogP contribution in [0.15, 0.2) is 28.7 Å². The highest BCUT2D eigenvalue weighted by Crippen LogP contribution is 2.16. The molecule has 1 heterocycles. The molecular weight excluding hydrogens is 394 g/mol. The summed E-state index contributed by atoms with van der Waals surface area (Å²) >= 11 is 3.34. The van der Waals surface area contributed by atoms with Crippen molar-refractivity contribution >= 4 is 40.2 Å². The molecule has 2 amide bonds. The number of hydrogen-bond donors (Lipinski definition) is 2. The van der Waals surface area contributed by atoms with Gasteiger partial charge in [-0.1, -0.05) is 15.9 Å². The first-order valence-electron chi connectivity index (χ1n) is 8.06. The van der Waals surface area contributed by atoms with Crippen LogP contribution in [0, 0.1) is 5.92 Å². The molecule has 5 nitrogen and oxygen atoms in total. The zero-order chi connectivity index (χ0) is 16.7. The average Bonchev–Trinajstić information content (AvgIpc) is 2.56. The van der Waals surface area contributed by atoms with E-state index in [2.05, 4.69) is 26.6 Å². The normalized spacial score (nSPS) is 17.1. The van der Waals surface area contributed by atoms with Crippen LogP contribution in [0.1, 0.15) is 29.6 Å². The summed E-state index contributed by atoms with van der Waals surface area (Å²) in [6, 6.07) is 7.17. The minimum atomic E-state index is -0.142. The van der Waals surface area contributed by atoms with Gasteiger partial charge < -0.3 is 15.5 Å². The number of halogens is 2. The Balaban J connectivity index is 0.00000288. The van der Waals surface area contributed by atoms with Gasteiger partial charge in [-0.25, -0.2) is 0 Å². The van der Waals surface area contributed by atoms with Crippen LogP contribution in [0.2, 0.25) is 0 Å². The first kappa shape index (κ1) is 20.9. The number of likely N-dealkylation sites (tertiary alicyclic amines) is 1. The Kier molecular flexibility index (Phi) is 9.33. The molecule has 1 fully saturated rings. The van der Waals surface area contributed by atoms with Gasteiger partial charge in [0.2, 0.25) is 5.91 Å². The van der Waals surface area contributed by atoms with Crippen molar-refractivity contribution < 1.29 is 9.59 Å². The van der Waals surface area contributed by atoms with Gasteiger partial charge in [-0.15, -0.1) is 12.4 Å². The number of benzene rings is 1. The van der Waals surface area contributed by atoms with Gasteiger partial charge in [-0.05, 0) is 56.6 Å².